The Morgan fingerprint density at radius 3 is 2.78 bits per heavy atom. The van der Waals surface area contributed by atoms with E-state index < -0.39 is 17.6 Å². The minimum atomic E-state index is -4.55. The van der Waals surface area contributed by atoms with Crippen LogP contribution in [0.3, 0.4) is 0 Å². The maximum absolute atomic E-state index is 13.2. The lowest BCUT2D eigenvalue weighted by molar-refractivity contribution is -0.137. The molecule has 0 aliphatic carbocycles. The number of nitrogens with zero attached hydrogens (tertiary/aromatic N) is 6. The molecule has 0 spiro atoms. The number of amides is 1. The first kappa shape index (κ1) is 22.0. The Balaban J connectivity index is 1.47. The molecule has 0 fully saturated rings. The maximum atomic E-state index is 13.2. The Bertz CT molecular complexity index is 1200. The molecule has 0 saturated heterocycles. The van der Waals surface area contributed by atoms with Gasteiger partial charge in [0.25, 0.3) is 0 Å². The molecule has 1 N–H and O–H groups in total. The lowest BCUT2D eigenvalue weighted by Gasteiger charge is -2.14. The number of halogens is 3. The minimum absolute atomic E-state index is 0.0210. The van der Waals surface area contributed by atoms with Gasteiger partial charge in [-0.25, -0.2) is 9.67 Å². The Morgan fingerprint density at radius 2 is 2.09 bits per heavy atom. The first-order chi connectivity index (χ1) is 15.3. The number of anilines is 1. The van der Waals surface area contributed by atoms with Crippen molar-refractivity contribution in [3.05, 3.63) is 64.6 Å². The van der Waals surface area contributed by atoms with E-state index in [0.717, 1.165) is 34.6 Å². The number of hydrogen-bond donors (Lipinski definition) is 1. The van der Waals surface area contributed by atoms with Crippen molar-refractivity contribution in [2.45, 2.75) is 17.8 Å². The second-order valence-electron chi connectivity index (χ2n) is 6.62. The third kappa shape index (κ3) is 4.99. The van der Waals surface area contributed by atoms with Crippen molar-refractivity contribution < 1.29 is 18.0 Å². The Kier molecular flexibility index (Phi) is 6.28. The molecule has 0 aliphatic rings. The van der Waals surface area contributed by atoms with E-state index in [1.807, 2.05) is 17.5 Å². The predicted molar refractivity (Wildman–Crippen MR) is 114 cm³/mol. The van der Waals surface area contributed by atoms with Crippen molar-refractivity contribution in [1.82, 2.24) is 29.5 Å². The minimum Gasteiger partial charge on any atom is -0.323 e. The van der Waals surface area contributed by atoms with Gasteiger partial charge in [-0.2, -0.15) is 18.3 Å². The molecule has 0 radical (unpaired) electrons. The van der Waals surface area contributed by atoms with Gasteiger partial charge in [0.1, 0.15) is 18.5 Å². The van der Waals surface area contributed by atoms with Crippen molar-refractivity contribution in [2.24, 2.45) is 7.05 Å². The fourth-order valence-electron chi connectivity index (χ4n) is 2.85. The van der Waals surface area contributed by atoms with Gasteiger partial charge in [-0.3, -0.25) is 4.79 Å². The van der Waals surface area contributed by atoms with E-state index in [4.69, 9.17) is 0 Å². The molecule has 0 unspecified atom stereocenters. The molecule has 1 aromatic carbocycles. The number of thiophene rings is 1. The van der Waals surface area contributed by atoms with E-state index in [-0.39, 0.29) is 17.1 Å². The van der Waals surface area contributed by atoms with Gasteiger partial charge in [0, 0.05) is 18.3 Å². The largest absolute Gasteiger partial charge is 0.416 e. The molecule has 0 atom stereocenters. The lowest BCUT2D eigenvalue weighted by Crippen LogP contribution is -2.17. The molecule has 3 aromatic heterocycles. The zero-order chi connectivity index (χ0) is 22.7. The molecule has 0 saturated carbocycles. The molecule has 8 nitrogen and oxygen atoms in total. The van der Waals surface area contributed by atoms with Gasteiger partial charge in [-0.05, 0) is 29.6 Å². The summed E-state index contributed by atoms with van der Waals surface area (Å²) in [6, 6.07) is 7.00. The second-order valence-corrected chi connectivity index (χ2v) is 8.60. The molecular formula is C19H16F3N7OS2. The normalized spacial score (nSPS) is 11.6. The van der Waals surface area contributed by atoms with Gasteiger partial charge in [-0.15, -0.1) is 21.5 Å². The topological polar surface area (TPSA) is 90.5 Å². The summed E-state index contributed by atoms with van der Waals surface area (Å²) in [5, 5.41) is 17.3. The van der Waals surface area contributed by atoms with Crippen LogP contribution in [0.25, 0.3) is 5.69 Å². The van der Waals surface area contributed by atoms with E-state index in [9.17, 15) is 18.0 Å². The fourth-order valence-corrected chi connectivity index (χ4v) is 4.29. The van der Waals surface area contributed by atoms with Gasteiger partial charge in [0.2, 0.25) is 5.91 Å². The molecule has 0 bridgehead atoms. The average Bonchev–Trinajstić information content (AvgIpc) is 3.51. The third-order valence-corrected chi connectivity index (χ3v) is 6.33. The summed E-state index contributed by atoms with van der Waals surface area (Å²) >= 11 is 2.76. The molecular weight excluding hydrogens is 463 g/mol. The van der Waals surface area contributed by atoms with Crippen LogP contribution >= 0.6 is 23.1 Å². The van der Waals surface area contributed by atoms with Crippen LogP contribution < -0.4 is 5.32 Å². The van der Waals surface area contributed by atoms with Crippen molar-refractivity contribution in [2.75, 3.05) is 11.1 Å². The monoisotopic (exact) mass is 479 g/mol. The highest BCUT2D eigenvalue weighted by atomic mass is 32.2. The molecule has 166 valence electrons. The standard InChI is InChI=1S/C19H16F3N7OS2/c1-28-16(8-13-3-2-6-31-13)26-27-18(28)32-9-17(30)25-14-7-12(19(20,21)22)4-5-15(14)29-11-23-10-24-29/h2-7,10-11H,8-9H2,1H3,(H,25,30). The molecule has 4 aromatic rings. The SMILES string of the molecule is Cn1c(Cc2cccs2)nnc1SCC(=O)Nc1cc(C(F)(F)F)ccc1-n1cncn1. The Morgan fingerprint density at radius 1 is 1.25 bits per heavy atom. The van der Waals surface area contributed by atoms with Crippen molar-refractivity contribution in [3.8, 4) is 5.69 Å². The summed E-state index contributed by atoms with van der Waals surface area (Å²) in [6.45, 7) is 0. The van der Waals surface area contributed by atoms with Crippen molar-refractivity contribution in [3.63, 3.8) is 0 Å². The number of thioether (sulfide) groups is 1. The lowest BCUT2D eigenvalue weighted by atomic mass is 10.1. The number of rotatable bonds is 7. The molecule has 32 heavy (non-hydrogen) atoms. The van der Waals surface area contributed by atoms with Crippen molar-refractivity contribution in [1.29, 1.82) is 0 Å². The van der Waals surface area contributed by atoms with Gasteiger partial charge < -0.3 is 9.88 Å². The number of alkyl halides is 3. The Hall–Kier alpha value is -3.19. The molecule has 13 heteroatoms. The summed E-state index contributed by atoms with van der Waals surface area (Å²) in [5.74, 6) is 0.207. The zero-order valence-electron chi connectivity index (χ0n) is 16.6. The first-order valence-corrected chi connectivity index (χ1v) is 11.1. The number of nitrogens with one attached hydrogen (secondary N) is 1. The van der Waals surface area contributed by atoms with E-state index in [2.05, 4.69) is 25.6 Å². The highest BCUT2D eigenvalue weighted by Crippen LogP contribution is 2.33. The highest BCUT2D eigenvalue weighted by molar-refractivity contribution is 7.99. The van der Waals surface area contributed by atoms with Crippen LogP contribution in [0.4, 0.5) is 18.9 Å². The van der Waals surface area contributed by atoms with Gasteiger partial charge in [0.15, 0.2) is 5.16 Å². The number of carbonyl (C=O) groups is 1. The first-order valence-electron chi connectivity index (χ1n) is 9.21. The Labute approximate surface area is 188 Å². The molecule has 3 heterocycles. The fraction of sp³-hybridized carbons (Fsp3) is 0.211. The van der Waals surface area contributed by atoms with Crippen LogP contribution in [-0.4, -0.2) is 41.2 Å². The van der Waals surface area contributed by atoms with Crippen LogP contribution in [-0.2, 0) is 24.4 Å². The van der Waals surface area contributed by atoms with Gasteiger partial charge in [0.05, 0.1) is 22.7 Å². The number of benzene rings is 1. The summed E-state index contributed by atoms with van der Waals surface area (Å²) in [6.07, 6.45) is -1.34. The second kappa shape index (κ2) is 9.12. The number of aromatic nitrogens is 6. The average molecular weight is 480 g/mol. The molecule has 4 rings (SSSR count). The van der Waals surface area contributed by atoms with Crippen LogP contribution in [0.15, 0.2) is 53.5 Å². The van der Waals surface area contributed by atoms with Gasteiger partial charge >= 0.3 is 6.18 Å². The van der Waals surface area contributed by atoms with Crippen LogP contribution in [0.1, 0.15) is 16.3 Å². The van der Waals surface area contributed by atoms with E-state index in [1.54, 1.807) is 23.0 Å². The maximum Gasteiger partial charge on any atom is 0.416 e. The summed E-state index contributed by atoms with van der Waals surface area (Å²) < 4.78 is 42.6. The van der Waals surface area contributed by atoms with Crippen LogP contribution in [0.2, 0.25) is 0 Å². The summed E-state index contributed by atoms with van der Waals surface area (Å²) in [4.78, 5) is 17.5. The molecule has 1 amide bonds. The predicted octanol–water partition coefficient (Wildman–Crippen LogP) is 3.80. The van der Waals surface area contributed by atoms with Crippen LogP contribution in [0, 0.1) is 0 Å². The van der Waals surface area contributed by atoms with Crippen LogP contribution in [0.5, 0.6) is 0 Å². The number of carbonyl (C=O) groups excluding carboxylic acids is 1. The van der Waals surface area contributed by atoms with E-state index in [0.29, 0.717) is 11.6 Å². The molecule has 0 aliphatic heterocycles. The van der Waals surface area contributed by atoms with E-state index in [1.165, 1.54) is 23.4 Å². The summed E-state index contributed by atoms with van der Waals surface area (Å²) in [5.41, 5.74) is -0.631. The van der Waals surface area contributed by atoms with E-state index >= 15 is 0 Å². The third-order valence-electron chi connectivity index (χ3n) is 4.43. The highest BCUT2D eigenvalue weighted by Gasteiger charge is 2.31. The van der Waals surface area contributed by atoms with Crippen molar-refractivity contribution >= 4 is 34.7 Å². The smallest absolute Gasteiger partial charge is 0.323 e. The van der Waals surface area contributed by atoms with Gasteiger partial charge in [-0.1, -0.05) is 17.8 Å². The quantitative estimate of drug-likeness (QED) is 0.406. The zero-order valence-corrected chi connectivity index (χ0v) is 18.2. The summed E-state index contributed by atoms with van der Waals surface area (Å²) in [7, 11) is 1.80. The number of hydrogen-bond acceptors (Lipinski definition) is 7.